The lowest BCUT2D eigenvalue weighted by Gasteiger charge is -2.09. The van der Waals surface area contributed by atoms with Crippen LogP contribution in [-0.4, -0.2) is 22.4 Å². The molecule has 0 amide bonds. The van der Waals surface area contributed by atoms with Gasteiger partial charge in [-0.15, -0.1) is 0 Å². The van der Waals surface area contributed by atoms with Crippen LogP contribution < -0.4 is 5.73 Å². The van der Waals surface area contributed by atoms with E-state index in [1.807, 2.05) is 6.07 Å². The molecule has 110 valence electrons. The van der Waals surface area contributed by atoms with Gasteiger partial charge in [-0.05, 0) is 38.0 Å². The van der Waals surface area contributed by atoms with Crippen LogP contribution in [0.2, 0.25) is 0 Å². The molecule has 1 aromatic heterocycles. The van der Waals surface area contributed by atoms with E-state index in [1.165, 1.54) is 10.7 Å². The fourth-order valence-corrected chi connectivity index (χ4v) is 2.21. The predicted octanol–water partition coefficient (Wildman–Crippen LogP) is 2.65. The number of benzene rings is 1. The number of nitrogens with zero attached hydrogens (tertiary/aromatic N) is 2. The van der Waals surface area contributed by atoms with E-state index >= 15 is 0 Å². The third-order valence-electron chi connectivity index (χ3n) is 3.47. The highest BCUT2D eigenvalue weighted by molar-refractivity contribution is 5.95. The van der Waals surface area contributed by atoms with E-state index in [1.54, 1.807) is 13.1 Å². The average Bonchev–Trinajstić information content (AvgIpc) is 3.18. The van der Waals surface area contributed by atoms with Crippen LogP contribution >= 0.6 is 0 Å². The van der Waals surface area contributed by atoms with Gasteiger partial charge in [0.2, 0.25) is 0 Å². The largest absolute Gasteiger partial charge is 0.462 e. The summed E-state index contributed by atoms with van der Waals surface area (Å²) in [4.78, 5) is 11.8. The van der Waals surface area contributed by atoms with Gasteiger partial charge in [-0.1, -0.05) is 0 Å². The van der Waals surface area contributed by atoms with Crippen molar-refractivity contribution in [2.24, 2.45) is 0 Å². The molecular formula is C15H16FN3O2. The molecule has 0 radical (unpaired) electrons. The number of anilines is 1. The number of rotatable bonds is 4. The van der Waals surface area contributed by atoms with Gasteiger partial charge in [0, 0.05) is 17.8 Å². The molecule has 0 unspecified atom stereocenters. The molecule has 6 heteroatoms. The molecule has 0 atom stereocenters. The quantitative estimate of drug-likeness (QED) is 0.694. The van der Waals surface area contributed by atoms with Crippen molar-refractivity contribution in [2.75, 3.05) is 12.3 Å². The summed E-state index contributed by atoms with van der Waals surface area (Å²) in [5, 5.41) is 4.36. The van der Waals surface area contributed by atoms with Crippen LogP contribution in [0, 0.1) is 5.82 Å². The van der Waals surface area contributed by atoms with E-state index in [4.69, 9.17) is 10.5 Å². The van der Waals surface area contributed by atoms with Gasteiger partial charge in [-0.25, -0.2) is 13.9 Å². The molecule has 2 aromatic rings. The Kier molecular flexibility index (Phi) is 3.37. The van der Waals surface area contributed by atoms with Crippen molar-refractivity contribution >= 4 is 11.7 Å². The van der Waals surface area contributed by atoms with Gasteiger partial charge in [0.25, 0.3) is 0 Å². The lowest BCUT2D eigenvalue weighted by molar-refractivity contribution is 0.0527. The Labute approximate surface area is 121 Å². The Bertz CT molecular complexity index is 692. The van der Waals surface area contributed by atoms with Crippen molar-refractivity contribution in [1.82, 2.24) is 9.78 Å². The zero-order valence-electron chi connectivity index (χ0n) is 11.7. The lowest BCUT2D eigenvalue weighted by Crippen LogP contribution is -2.11. The molecule has 5 nitrogen and oxygen atoms in total. The van der Waals surface area contributed by atoms with Gasteiger partial charge in [0.1, 0.15) is 5.69 Å². The molecule has 3 rings (SSSR count). The van der Waals surface area contributed by atoms with Crippen LogP contribution in [0.3, 0.4) is 0 Å². The second-order valence-corrected chi connectivity index (χ2v) is 5.07. The van der Waals surface area contributed by atoms with Gasteiger partial charge in [-0.2, -0.15) is 5.10 Å². The van der Waals surface area contributed by atoms with E-state index < -0.39 is 11.8 Å². The monoisotopic (exact) mass is 289 g/mol. The maximum absolute atomic E-state index is 14.1. The van der Waals surface area contributed by atoms with E-state index in [-0.39, 0.29) is 23.5 Å². The first-order valence-electron chi connectivity index (χ1n) is 6.92. The van der Waals surface area contributed by atoms with E-state index in [2.05, 4.69) is 5.10 Å². The van der Waals surface area contributed by atoms with Crippen LogP contribution in [0.15, 0.2) is 24.4 Å². The van der Waals surface area contributed by atoms with Crippen molar-refractivity contribution in [3.05, 3.63) is 41.5 Å². The SMILES string of the molecule is CCOC(=O)c1cc(-n2ccc(C3CC3)n2)c(F)cc1N. The van der Waals surface area contributed by atoms with Crippen LogP contribution in [0.1, 0.15) is 41.7 Å². The summed E-state index contributed by atoms with van der Waals surface area (Å²) in [6, 6.07) is 4.38. The molecule has 1 heterocycles. The molecule has 1 aromatic carbocycles. The first-order valence-corrected chi connectivity index (χ1v) is 6.92. The highest BCUT2D eigenvalue weighted by Gasteiger charge is 2.26. The van der Waals surface area contributed by atoms with Gasteiger partial charge < -0.3 is 10.5 Å². The minimum Gasteiger partial charge on any atom is -0.462 e. The number of nitrogens with two attached hydrogens (primary N) is 1. The summed E-state index contributed by atoms with van der Waals surface area (Å²) >= 11 is 0. The zero-order valence-corrected chi connectivity index (χ0v) is 11.7. The topological polar surface area (TPSA) is 70.1 Å². The van der Waals surface area contributed by atoms with Gasteiger partial charge in [-0.3, -0.25) is 0 Å². The van der Waals surface area contributed by atoms with Gasteiger partial charge in [0.15, 0.2) is 5.82 Å². The minimum atomic E-state index is -0.564. The van der Waals surface area contributed by atoms with Crippen molar-refractivity contribution in [3.63, 3.8) is 0 Å². The third kappa shape index (κ3) is 2.61. The van der Waals surface area contributed by atoms with Crippen LogP contribution in [-0.2, 0) is 4.74 Å². The van der Waals surface area contributed by atoms with Gasteiger partial charge in [0.05, 0.1) is 17.9 Å². The Morgan fingerprint density at radius 3 is 2.95 bits per heavy atom. The second kappa shape index (κ2) is 5.20. The zero-order chi connectivity index (χ0) is 15.0. The summed E-state index contributed by atoms with van der Waals surface area (Å²) in [5.74, 6) is -0.607. The molecule has 0 spiro atoms. The molecule has 1 saturated carbocycles. The van der Waals surface area contributed by atoms with Crippen molar-refractivity contribution in [3.8, 4) is 5.69 Å². The molecule has 2 N–H and O–H groups in total. The maximum Gasteiger partial charge on any atom is 0.340 e. The smallest absolute Gasteiger partial charge is 0.340 e. The number of carbonyl (C=O) groups excluding carboxylic acids is 1. The Morgan fingerprint density at radius 2 is 2.29 bits per heavy atom. The molecule has 0 saturated heterocycles. The van der Waals surface area contributed by atoms with Crippen molar-refractivity contribution in [1.29, 1.82) is 0 Å². The highest BCUT2D eigenvalue weighted by atomic mass is 19.1. The standard InChI is InChI=1S/C15H16FN3O2/c1-2-21-15(20)10-7-14(11(16)8-12(10)17)19-6-5-13(18-19)9-3-4-9/h5-9H,2-4,17H2,1H3. The maximum atomic E-state index is 14.1. The lowest BCUT2D eigenvalue weighted by atomic mass is 10.1. The number of esters is 1. The molecule has 1 fully saturated rings. The van der Waals surface area contributed by atoms with Crippen LogP contribution in [0.4, 0.5) is 10.1 Å². The number of aromatic nitrogens is 2. The van der Waals surface area contributed by atoms with Crippen LogP contribution in [0.5, 0.6) is 0 Å². The number of nitrogen functional groups attached to an aromatic ring is 1. The molecule has 0 aliphatic heterocycles. The molecule has 21 heavy (non-hydrogen) atoms. The van der Waals surface area contributed by atoms with E-state index in [9.17, 15) is 9.18 Å². The third-order valence-corrected chi connectivity index (χ3v) is 3.47. The Balaban J connectivity index is 2.00. The Hall–Kier alpha value is -2.37. The van der Waals surface area contributed by atoms with Crippen molar-refractivity contribution in [2.45, 2.75) is 25.7 Å². The minimum absolute atomic E-state index is 0.0595. The first-order chi connectivity index (χ1) is 10.1. The number of hydrogen-bond donors (Lipinski definition) is 1. The highest BCUT2D eigenvalue weighted by Crippen LogP contribution is 2.39. The number of carbonyl (C=O) groups is 1. The summed E-state index contributed by atoms with van der Waals surface area (Å²) in [6.45, 7) is 1.94. The summed E-state index contributed by atoms with van der Waals surface area (Å²) in [5.41, 5.74) is 7.04. The normalized spacial score (nSPS) is 14.2. The van der Waals surface area contributed by atoms with E-state index in [0.29, 0.717) is 5.92 Å². The number of ether oxygens (including phenoxy) is 1. The second-order valence-electron chi connectivity index (χ2n) is 5.07. The summed E-state index contributed by atoms with van der Waals surface area (Å²) in [6.07, 6.45) is 3.93. The predicted molar refractivity (Wildman–Crippen MR) is 75.9 cm³/mol. The summed E-state index contributed by atoms with van der Waals surface area (Å²) < 4.78 is 20.5. The molecule has 1 aliphatic carbocycles. The van der Waals surface area contributed by atoms with Gasteiger partial charge >= 0.3 is 5.97 Å². The summed E-state index contributed by atoms with van der Waals surface area (Å²) in [7, 11) is 0. The fourth-order valence-electron chi connectivity index (χ4n) is 2.21. The average molecular weight is 289 g/mol. The fraction of sp³-hybridized carbons (Fsp3) is 0.333. The van der Waals surface area contributed by atoms with Crippen molar-refractivity contribution < 1.29 is 13.9 Å². The molecule has 0 bridgehead atoms. The van der Waals surface area contributed by atoms with E-state index in [0.717, 1.165) is 24.6 Å². The number of hydrogen-bond acceptors (Lipinski definition) is 4. The molecule has 1 aliphatic rings. The number of halogens is 1. The van der Waals surface area contributed by atoms with Crippen LogP contribution in [0.25, 0.3) is 5.69 Å². The Morgan fingerprint density at radius 1 is 1.52 bits per heavy atom. The molecular weight excluding hydrogens is 273 g/mol. The first kappa shape index (κ1) is 13.6.